The molecule has 1 aliphatic rings. The Labute approximate surface area is 79.8 Å². The minimum atomic E-state index is -0.320. The predicted octanol–water partition coefficient (Wildman–Crippen LogP) is 2.37. The summed E-state index contributed by atoms with van der Waals surface area (Å²) in [6.07, 6.45) is 0.911. The fraction of sp³-hybridized carbons (Fsp3) is 0.222. The molecule has 1 N–H and O–H groups in total. The van der Waals surface area contributed by atoms with Crippen LogP contribution >= 0.6 is 11.8 Å². The van der Waals surface area contributed by atoms with Gasteiger partial charge < -0.3 is 5.32 Å². The molecule has 1 aromatic carbocycles. The van der Waals surface area contributed by atoms with Crippen molar-refractivity contribution in [2.24, 2.45) is 0 Å². The Morgan fingerprint density at radius 2 is 2.38 bits per heavy atom. The number of thiocyanates is 1. The lowest BCUT2D eigenvalue weighted by Gasteiger charge is -2.02. The van der Waals surface area contributed by atoms with Crippen molar-refractivity contribution in [2.45, 2.75) is 11.3 Å². The van der Waals surface area contributed by atoms with Crippen LogP contribution in [0.15, 0.2) is 17.0 Å². The van der Waals surface area contributed by atoms with Crippen LogP contribution in [0.2, 0.25) is 0 Å². The molecule has 1 aliphatic heterocycles. The topological polar surface area (TPSA) is 35.8 Å². The molecule has 0 spiro atoms. The molecule has 2 nitrogen and oxygen atoms in total. The van der Waals surface area contributed by atoms with Crippen molar-refractivity contribution >= 4 is 17.4 Å². The second kappa shape index (κ2) is 3.27. The van der Waals surface area contributed by atoms with Crippen molar-refractivity contribution in [3.05, 3.63) is 23.5 Å². The molecule has 0 saturated carbocycles. The fourth-order valence-corrected chi connectivity index (χ4v) is 1.88. The molecule has 1 heterocycles. The lowest BCUT2D eigenvalue weighted by molar-refractivity contribution is 0.602. The number of hydrogen-bond acceptors (Lipinski definition) is 3. The maximum Gasteiger partial charge on any atom is 0.139 e. The summed E-state index contributed by atoms with van der Waals surface area (Å²) < 4.78 is 13.2. The van der Waals surface area contributed by atoms with E-state index < -0.39 is 0 Å². The van der Waals surface area contributed by atoms with E-state index in [1.54, 1.807) is 6.07 Å². The highest BCUT2D eigenvalue weighted by Gasteiger charge is 2.14. The van der Waals surface area contributed by atoms with E-state index in [0.29, 0.717) is 4.90 Å². The monoisotopic (exact) mass is 194 g/mol. The number of benzene rings is 1. The molecule has 13 heavy (non-hydrogen) atoms. The van der Waals surface area contributed by atoms with Gasteiger partial charge in [-0.05, 0) is 35.9 Å². The third-order valence-corrected chi connectivity index (χ3v) is 2.65. The zero-order chi connectivity index (χ0) is 9.26. The Kier molecular flexibility index (Phi) is 2.11. The summed E-state index contributed by atoms with van der Waals surface area (Å²) in [6, 6.07) is 3.21. The van der Waals surface area contributed by atoms with Crippen LogP contribution in [0.25, 0.3) is 0 Å². The first-order valence-corrected chi connectivity index (χ1v) is 4.75. The number of hydrogen-bond donors (Lipinski definition) is 1. The van der Waals surface area contributed by atoms with E-state index in [4.69, 9.17) is 5.26 Å². The van der Waals surface area contributed by atoms with Gasteiger partial charge in [-0.25, -0.2) is 4.39 Å². The molecule has 0 atom stereocenters. The van der Waals surface area contributed by atoms with Gasteiger partial charge in [0, 0.05) is 12.2 Å². The number of nitrogens with one attached hydrogen (secondary N) is 1. The van der Waals surface area contributed by atoms with Gasteiger partial charge in [0.2, 0.25) is 0 Å². The summed E-state index contributed by atoms with van der Waals surface area (Å²) >= 11 is 0.871. The average Bonchev–Trinajstić information content (AvgIpc) is 2.52. The highest BCUT2D eigenvalue weighted by atomic mass is 32.2. The van der Waals surface area contributed by atoms with Gasteiger partial charge in [-0.2, -0.15) is 5.26 Å². The van der Waals surface area contributed by atoms with E-state index in [1.807, 2.05) is 5.40 Å². The molecule has 0 unspecified atom stereocenters. The van der Waals surface area contributed by atoms with Crippen molar-refractivity contribution in [1.82, 2.24) is 0 Å². The Morgan fingerprint density at radius 1 is 1.54 bits per heavy atom. The number of halogens is 1. The summed E-state index contributed by atoms with van der Waals surface area (Å²) in [6.45, 7) is 0.857. The Hall–Kier alpha value is -1.21. The van der Waals surface area contributed by atoms with Crippen LogP contribution < -0.4 is 5.32 Å². The first kappa shape index (κ1) is 8.39. The van der Waals surface area contributed by atoms with E-state index >= 15 is 0 Å². The zero-order valence-electron chi connectivity index (χ0n) is 6.80. The van der Waals surface area contributed by atoms with Crippen LogP contribution in [0.5, 0.6) is 0 Å². The number of nitriles is 1. The van der Waals surface area contributed by atoms with Crippen molar-refractivity contribution < 1.29 is 4.39 Å². The normalized spacial score (nSPS) is 13.2. The van der Waals surface area contributed by atoms with E-state index in [2.05, 4.69) is 5.32 Å². The van der Waals surface area contributed by atoms with Crippen LogP contribution in [-0.2, 0) is 6.42 Å². The number of nitrogens with zero attached hydrogens (tertiary/aromatic N) is 1. The van der Waals surface area contributed by atoms with Crippen molar-refractivity contribution in [2.75, 3.05) is 11.9 Å². The summed E-state index contributed by atoms with van der Waals surface area (Å²) in [5.74, 6) is -0.320. The Balaban J connectivity index is 2.44. The molecule has 66 valence electrons. The lowest BCUT2D eigenvalue weighted by Crippen LogP contribution is -1.91. The van der Waals surface area contributed by atoms with E-state index in [0.717, 1.165) is 36.0 Å². The average molecular weight is 194 g/mol. The SMILES string of the molecule is N#CSc1cc2c(cc1F)NCC2. The third-order valence-electron chi connectivity index (χ3n) is 2.02. The smallest absolute Gasteiger partial charge is 0.139 e. The molecule has 0 aromatic heterocycles. The van der Waals surface area contributed by atoms with Crippen LogP contribution in [0.3, 0.4) is 0 Å². The van der Waals surface area contributed by atoms with Crippen molar-refractivity contribution in [1.29, 1.82) is 5.26 Å². The molecule has 0 bridgehead atoms. The molecular formula is C9H7FN2S. The van der Waals surface area contributed by atoms with Gasteiger partial charge in [-0.3, -0.25) is 0 Å². The van der Waals surface area contributed by atoms with Gasteiger partial charge in [0.25, 0.3) is 0 Å². The van der Waals surface area contributed by atoms with Crippen LogP contribution in [-0.4, -0.2) is 6.54 Å². The first-order valence-electron chi connectivity index (χ1n) is 3.93. The van der Waals surface area contributed by atoms with E-state index in [9.17, 15) is 4.39 Å². The molecular weight excluding hydrogens is 187 g/mol. The third kappa shape index (κ3) is 1.47. The van der Waals surface area contributed by atoms with Gasteiger partial charge in [-0.15, -0.1) is 0 Å². The number of rotatable bonds is 1. The summed E-state index contributed by atoms with van der Waals surface area (Å²) in [7, 11) is 0. The maximum atomic E-state index is 13.2. The highest BCUT2D eigenvalue weighted by Crippen LogP contribution is 2.30. The quantitative estimate of drug-likeness (QED) is 0.550. The second-order valence-corrected chi connectivity index (χ2v) is 3.64. The Bertz CT molecular complexity index is 384. The van der Waals surface area contributed by atoms with Crippen LogP contribution in [0.1, 0.15) is 5.56 Å². The molecule has 0 saturated heterocycles. The Morgan fingerprint density at radius 3 is 3.15 bits per heavy atom. The van der Waals surface area contributed by atoms with Gasteiger partial charge in [0.05, 0.1) is 4.90 Å². The van der Waals surface area contributed by atoms with Crippen LogP contribution in [0.4, 0.5) is 10.1 Å². The van der Waals surface area contributed by atoms with Crippen molar-refractivity contribution in [3.8, 4) is 5.40 Å². The molecule has 0 radical (unpaired) electrons. The van der Waals surface area contributed by atoms with E-state index in [-0.39, 0.29) is 5.82 Å². The standard InChI is InChI=1S/C9H7FN2S/c10-7-4-8-6(1-2-12-8)3-9(7)13-5-11/h3-4,12H,1-2H2. The van der Waals surface area contributed by atoms with Gasteiger partial charge >= 0.3 is 0 Å². The molecule has 0 amide bonds. The van der Waals surface area contributed by atoms with Gasteiger partial charge in [-0.1, -0.05) is 0 Å². The van der Waals surface area contributed by atoms with Crippen LogP contribution in [0, 0.1) is 16.5 Å². The van der Waals surface area contributed by atoms with Gasteiger partial charge in [0.1, 0.15) is 11.2 Å². The maximum absolute atomic E-state index is 13.2. The summed E-state index contributed by atoms with van der Waals surface area (Å²) in [4.78, 5) is 0.421. The van der Waals surface area contributed by atoms with Crippen molar-refractivity contribution in [3.63, 3.8) is 0 Å². The molecule has 1 aromatic rings. The zero-order valence-corrected chi connectivity index (χ0v) is 7.62. The van der Waals surface area contributed by atoms with Gasteiger partial charge in [0.15, 0.2) is 0 Å². The highest BCUT2D eigenvalue weighted by molar-refractivity contribution is 8.03. The second-order valence-electron chi connectivity index (χ2n) is 2.81. The minimum Gasteiger partial charge on any atom is -0.384 e. The number of fused-ring (bicyclic) bond motifs is 1. The summed E-state index contributed by atoms with van der Waals surface area (Å²) in [5.41, 5.74) is 1.96. The molecule has 0 aliphatic carbocycles. The lowest BCUT2D eigenvalue weighted by atomic mass is 10.2. The minimum absolute atomic E-state index is 0.320. The fourth-order valence-electron chi connectivity index (χ4n) is 1.43. The molecule has 2 rings (SSSR count). The first-order chi connectivity index (χ1) is 6.31. The number of thioether (sulfide) groups is 1. The molecule has 4 heteroatoms. The van der Waals surface area contributed by atoms with E-state index in [1.165, 1.54) is 6.07 Å². The summed E-state index contributed by atoms with van der Waals surface area (Å²) in [5, 5.41) is 13.4. The molecule has 0 fully saturated rings. The number of anilines is 1. The predicted molar refractivity (Wildman–Crippen MR) is 50.1 cm³/mol. The largest absolute Gasteiger partial charge is 0.384 e.